The highest BCUT2D eigenvalue weighted by molar-refractivity contribution is 6.30. The van der Waals surface area contributed by atoms with Crippen LogP contribution < -0.4 is 5.32 Å². The first kappa shape index (κ1) is 15.2. The van der Waals surface area contributed by atoms with Gasteiger partial charge in [-0.3, -0.25) is 9.88 Å². The molecule has 0 aliphatic heterocycles. The average molecular weight is 282 g/mol. The van der Waals surface area contributed by atoms with E-state index < -0.39 is 12.7 Å². The SMILES string of the molecule is CNCCN(Cc1cncc(Cl)c1)CC(F)(F)F. The number of hydrogen-bond donors (Lipinski definition) is 1. The van der Waals surface area contributed by atoms with Gasteiger partial charge in [-0.1, -0.05) is 11.6 Å². The van der Waals surface area contributed by atoms with E-state index in [0.29, 0.717) is 23.7 Å². The van der Waals surface area contributed by atoms with Crippen molar-refractivity contribution in [2.75, 3.05) is 26.7 Å². The van der Waals surface area contributed by atoms with Crippen molar-refractivity contribution in [3.8, 4) is 0 Å². The van der Waals surface area contributed by atoms with Crippen molar-refractivity contribution >= 4 is 11.6 Å². The highest BCUT2D eigenvalue weighted by atomic mass is 35.5. The maximum absolute atomic E-state index is 12.4. The molecule has 0 atom stereocenters. The van der Waals surface area contributed by atoms with E-state index in [1.54, 1.807) is 13.1 Å². The molecular formula is C11H15ClF3N3. The summed E-state index contributed by atoms with van der Waals surface area (Å²) in [6.07, 6.45) is -1.23. The number of pyridine rings is 1. The fourth-order valence-corrected chi connectivity index (χ4v) is 1.73. The summed E-state index contributed by atoms with van der Waals surface area (Å²) < 4.78 is 37.2. The Hall–Kier alpha value is -0.850. The number of nitrogens with one attached hydrogen (secondary N) is 1. The molecule has 0 aromatic carbocycles. The van der Waals surface area contributed by atoms with E-state index in [-0.39, 0.29) is 6.54 Å². The third-order valence-electron chi connectivity index (χ3n) is 2.25. The van der Waals surface area contributed by atoms with Crippen LogP contribution in [-0.2, 0) is 6.54 Å². The van der Waals surface area contributed by atoms with Crippen molar-refractivity contribution in [2.24, 2.45) is 0 Å². The lowest BCUT2D eigenvalue weighted by Crippen LogP contribution is -2.37. The van der Waals surface area contributed by atoms with Crippen LogP contribution in [0.25, 0.3) is 0 Å². The lowest BCUT2D eigenvalue weighted by atomic mass is 10.2. The van der Waals surface area contributed by atoms with Gasteiger partial charge in [0.25, 0.3) is 0 Å². The molecule has 3 nitrogen and oxygen atoms in total. The summed E-state index contributed by atoms with van der Waals surface area (Å²) in [6.45, 7) is 0.0303. The molecule has 0 fully saturated rings. The van der Waals surface area contributed by atoms with Gasteiger partial charge in [0, 0.05) is 32.0 Å². The molecule has 1 aromatic rings. The van der Waals surface area contributed by atoms with Crippen LogP contribution in [0.1, 0.15) is 5.56 Å². The Labute approximate surface area is 109 Å². The summed E-state index contributed by atoms with van der Waals surface area (Å²) in [6, 6.07) is 1.62. The van der Waals surface area contributed by atoms with Crippen molar-refractivity contribution in [2.45, 2.75) is 12.7 Å². The lowest BCUT2D eigenvalue weighted by molar-refractivity contribution is -0.146. The van der Waals surface area contributed by atoms with E-state index in [1.165, 1.54) is 17.3 Å². The number of halogens is 4. The molecular weight excluding hydrogens is 267 g/mol. The van der Waals surface area contributed by atoms with E-state index in [2.05, 4.69) is 10.3 Å². The normalized spacial score (nSPS) is 12.1. The van der Waals surface area contributed by atoms with Gasteiger partial charge in [0.15, 0.2) is 0 Å². The third-order valence-corrected chi connectivity index (χ3v) is 2.46. The standard InChI is InChI=1S/C11H15ClF3N3/c1-16-2-3-18(8-11(13,14)15)7-9-4-10(12)6-17-5-9/h4-6,16H,2-3,7-8H2,1H3. The second-order valence-corrected chi connectivity index (χ2v) is 4.38. The number of alkyl halides is 3. The van der Waals surface area contributed by atoms with Gasteiger partial charge in [0.2, 0.25) is 0 Å². The highest BCUT2D eigenvalue weighted by Gasteiger charge is 2.30. The van der Waals surface area contributed by atoms with Gasteiger partial charge in [-0.15, -0.1) is 0 Å². The van der Waals surface area contributed by atoms with Crippen molar-refractivity contribution < 1.29 is 13.2 Å². The summed E-state index contributed by atoms with van der Waals surface area (Å²) in [5.41, 5.74) is 0.669. The Morgan fingerprint density at radius 3 is 2.67 bits per heavy atom. The largest absolute Gasteiger partial charge is 0.401 e. The number of nitrogens with zero attached hydrogens (tertiary/aromatic N) is 2. The lowest BCUT2D eigenvalue weighted by Gasteiger charge is -2.23. The molecule has 0 saturated heterocycles. The topological polar surface area (TPSA) is 28.2 Å². The molecule has 1 rings (SSSR count). The van der Waals surface area contributed by atoms with E-state index in [0.717, 1.165) is 0 Å². The summed E-state index contributed by atoms with van der Waals surface area (Å²) in [5.74, 6) is 0. The second kappa shape index (κ2) is 6.92. The van der Waals surface area contributed by atoms with Crippen molar-refractivity contribution in [3.05, 3.63) is 29.0 Å². The molecule has 0 radical (unpaired) electrons. The molecule has 7 heteroatoms. The number of aromatic nitrogens is 1. The number of rotatable bonds is 6. The second-order valence-electron chi connectivity index (χ2n) is 3.94. The molecule has 0 unspecified atom stereocenters. The van der Waals surface area contributed by atoms with E-state index >= 15 is 0 Å². The van der Waals surface area contributed by atoms with Gasteiger partial charge in [-0.2, -0.15) is 13.2 Å². The Morgan fingerprint density at radius 1 is 1.39 bits per heavy atom. The summed E-state index contributed by atoms with van der Waals surface area (Å²) in [7, 11) is 1.70. The Balaban J connectivity index is 2.65. The minimum absolute atomic E-state index is 0.175. The van der Waals surface area contributed by atoms with Crippen molar-refractivity contribution in [1.82, 2.24) is 15.2 Å². The molecule has 1 aromatic heterocycles. The maximum Gasteiger partial charge on any atom is 0.401 e. The van der Waals surface area contributed by atoms with Crippen LogP contribution in [0.15, 0.2) is 18.5 Å². The summed E-state index contributed by atoms with van der Waals surface area (Å²) in [4.78, 5) is 5.17. The van der Waals surface area contributed by atoms with Crippen LogP contribution in [-0.4, -0.2) is 42.7 Å². The van der Waals surface area contributed by atoms with Gasteiger partial charge in [-0.25, -0.2) is 0 Å². The smallest absolute Gasteiger partial charge is 0.318 e. The Kier molecular flexibility index (Phi) is 5.84. The molecule has 0 spiro atoms. The van der Waals surface area contributed by atoms with E-state index in [1.807, 2.05) is 0 Å². The summed E-state index contributed by atoms with van der Waals surface area (Å²) >= 11 is 5.75. The quantitative estimate of drug-likeness (QED) is 0.867. The predicted molar refractivity (Wildman–Crippen MR) is 64.5 cm³/mol. The summed E-state index contributed by atoms with van der Waals surface area (Å²) in [5, 5.41) is 3.25. The Bertz CT molecular complexity index is 371. The zero-order chi connectivity index (χ0) is 13.6. The molecule has 102 valence electrons. The van der Waals surface area contributed by atoms with Gasteiger partial charge in [0.05, 0.1) is 11.6 Å². The van der Waals surface area contributed by atoms with Gasteiger partial charge in [-0.05, 0) is 18.7 Å². The first-order valence-corrected chi connectivity index (χ1v) is 5.81. The fraction of sp³-hybridized carbons (Fsp3) is 0.545. The van der Waals surface area contributed by atoms with Crippen LogP contribution in [0.4, 0.5) is 13.2 Å². The van der Waals surface area contributed by atoms with Crippen LogP contribution in [0.3, 0.4) is 0 Å². The van der Waals surface area contributed by atoms with Gasteiger partial charge in [0.1, 0.15) is 0 Å². The molecule has 0 aliphatic rings. The first-order valence-electron chi connectivity index (χ1n) is 5.44. The van der Waals surface area contributed by atoms with Crippen LogP contribution in [0, 0.1) is 0 Å². The molecule has 0 bridgehead atoms. The number of hydrogen-bond acceptors (Lipinski definition) is 3. The predicted octanol–water partition coefficient (Wildman–Crippen LogP) is 2.32. The zero-order valence-corrected chi connectivity index (χ0v) is 10.7. The molecule has 0 aliphatic carbocycles. The highest BCUT2D eigenvalue weighted by Crippen LogP contribution is 2.18. The number of likely N-dealkylation sites (N-methyl/N-ethyl adjacent to an activating group) is 1. The third kappa shape index (κ3) is 6.18. The Morgan fingerprint density at radius 2 is 2.11 bits per heavy atom. The fourth-order valence-electron chi connectivity index (χ4n) is 1.54. The van der Waals surface area contributed by atoms with Crippen LogP contribution in [0.2, 0.25) is 5.02 Å². The van der Waals surface area contributed by atoms with Crippen LogP contribution >= 0.6 is 11.6 Å². The van der Waals surface area contributed by atoms with Crippen LogP contribution in [0.5, 0.6) is 0 Å². The van der Waals surface area contributed by atoms with E-state index in [4.69, 9.17) is 11.6 Å². The molecule has 0 saturated carbocycles. The average Bonchev–Trinajstić information content (AvgIpc) is 2.24. The first-order chi connectivity index (χ1) is 8.40. The van der Waals surface area contributed by atoms with Crippen molar-refractivity contribution in [3.63, 3.8) is 0 Å². The zero-order valence-electron chi connectivity index (χ0n) is 9.97. The monoisotopic (exact) mass is 281 g/mol. The molecule has 0 amide bonds. The van der Waals surface area contributed by atoms with Gasteiger partial charge < -0.3 is 5.32 Å². The van der Waals surface area contributed by atoms with Crippen molar-refractivity contribution in [1.29, 1.82) is 0 Å². The van der Waals surface area contributed by atoms with E-state index in [9.17, 15) is 13.2 Å². The maximum atomic E-state index is 12.4. The molecule has 1 heterocycles. The molecule has 18 heavy (non-hydrogen) atoms. The minimum atomic E-state index is -4.21. The minimum Gasteiger partial charge on any atom is -0.318 e. The van der Waals surface area contributed by atoms with Gasteiger partial charge >= 0.3 is 6.18 Å². The molecule has 1 N–H and O–H groups in total.